The summed E-state index contributed by atoms with van der Waals surface area (Å²) >= 11 is 1.13. The molecule has 0 aliphatic carbocycles. The van der Waals surface area contributed by atoms with Crippen LogP contribution in [0.25, 0.3) is 0 Å². The van der Waals surface area contributed by atoms with Crippen LogP contribution in [0.4, 0.5) is 0 Å². The van der Waals surface area contributed by atoms with Gasteiger partial charge in [0.25, 0.3) is 0 Å². The number of carbonyl (C=O) groups excluding carboxylic acids is 1. The van der Waals surface area contributed by atoms with Crippen molar-refractivity contribution in [1.82, 2.24) is 5.32 Å². The number of rotatable bonds is 3. The van der Waals surface area contributed by atoms with Crippen LogP contribution >= 0.6 is 11.3 Å². The van der Waals surface area contributed by atoms with Gasteiger partial charge in [-0.2, -0.15) is 0 Å². The van der Waals surface area contributed by atoms with Crippen LogP contribution in [0.3, 0.4) is 0 Å². The monoisotopic (exact) mass is 243 g/mol. The van der Waals surface area contributed by atoms with Gasteiger partial charge in [0.05, 0.1) is 5.92 Å². The number of aromatic carboxylic acids is 1. The minimum absolute atomic E-state index is 0.108. The molecule has 0 aromatic carbocycles. The summed E-state index contributed by atoms with van der Waals surface area (Å²) in [4.78, 5) is 22.9. The van der Waals surface area contributed by atoms with E-state index in [1.54, 1.807) is 20.0 Å². The van der Waals surface area contributed by atoms with Gasteiger partial charge in [-0.05, 0) is 19.1 Å². The molecule has 1 rings (SSSR count). The highest BCUT2D eigenvalue weighted by Crippen LogP contribution is 2.24. The lowest BCUT2D eigenvalue weighted by Crippen LogP contribution is -2.23. The van der Waals surface area contributed by atoms with Crippen molar-refractivity contribution in [2.45, 2.75) is 26.7 Å². The number of amides is 1. The van der Waals surface area contributed by atoms with Crippen molar-refractivity contribution in [2.75, 3.05) is 7.05 Å². The zero-order valence-corrected chi connectivity index (χ0v) is 10.7. The fraction of sp³-hybridized carbons (Fsp3) is 0.455. The number of hydrogen-bond donors (Lipinski definition) is 2. The van der Waals surface area contributed by atoms with Crippen LogP contribution in [-0.2, 0) is 4.79 Å². The van der Waals surface area contributed by atoms with Crippen LogP contribution in [-0.4, -0.2) is 24.0 Å². The molecule has 5 heteroatoms. The normalized spacial score (nSPS) is 11.0. The topological polar surface area (TPSA) is 66.4 Å². The maximum atomic E-state index is 11.2. The molecule has 1 amide bonds. The predicted molar refractivity (Wildman–Crippen MR) is 65.1 cm³/mol. The van der Waals surface area contributed by atoms with Gasteiger partial charge in [-0.1, -0.05) is 13.8 Å². The van der Waals surface area contributed by atoms with Crippen molar-refractivity contribution in [3.05, 3.63) is 21.9 Å². The first-order valence-electron chi connectivity index (χ1n) is 5.11. The Morgan fingerprint density at radius 2 is 1.94 bits per heavy atom. The summed E-state index contributed by atoms with van der Waals surface area (Å²) in [7, 11) is 1.56. The Morgan fingerprint density at radius 3 is 2.31 bits per heavy atom. The number of thiophene rings is 1. The lowest BCUT2D eigenvalue weighted by molar-refractivity contribution is -0.121. The SMILES string of the molecule is CC.CNC(=O)C(C)c1ccc(C(=O)O)s1. The third-order valence-corrected chi connectivity index (χ3v) is 3.16. The second kappa shape index (κ2) is 7.00. The van der Waals surface area contributed by atoms with E-state index in [-0.39, 0.29) is 16.7 Å². The highest BCUT2D eigenvalue weighted by molar-refractivity contribution is 7.14. The Kier molecular flexibility index (Phi) is 6.41. The van der Waals surface area contributed by atoms with Crippen LogP contribution in [0.1, 0.15) is 41.2 Å². The molecular formula is C11H17NO3S. The van der Waals surface area contributed by atoms with Crippen LogP contribution in [0.15, 0.2) is 12.1 Å². The quantitative estimate of drug-likeness (QED) is 0.856. The molecule has 0 aliphatic rings. The van der Waals surface area contributed by atoms with Gasteiger partial charge in [-0.25, -0.2) is 4.79 Å². The van der Waals surface area contributed by atoms with Crippen molar-refractivity contribution in [1.29, 1.82) is 0 Å². The molecule has 1 aromatic heterocycles. The van der Waals surface area contributed by atoms with Crippen molar-refractivity contribution in [2.24, 2.45) is 0 Å². The molecule has 0 spiro atoms. The van der Waals surface area contributed by atoms with E-state index in [1.807, 2.05) is 13.8 Å². The molecule has 0 bridgehead atoms. The second-order valence-corrected chi connectivity index (χ2v) is 3.96. The summed E-state index contributed by atoms with van der Waals surface area (Å²) in [6, 6.07) is 3.19. The number of carbonyl (C=O) groups is 2. The Morgan fingerprint density at radius 1 is 1.38 bits per heavy atom. The summed E-state index contributed by atoms with van der Waals surface area (Å²) in [5.41, 5.74) is 0. The van der Waals surface area contributed by atoms with Gasteiger partial charge in [-0.3, -0.25) is 4.79 Å². The fourth-order valence-corrected chi connectivity index (χ4v) is 1.94. The minimum atomic E-state index is -0.953. The van der Waals surface area contributed by atoms with E-state index in [2.05, 4.69) is 5.32 Å². The first-order valence-corrected chi connectivity index (χ1v) is 5.92. The molecule has 1 atom stereocenters. The predicted octanol–water partition coefficient (Wildman–Crippen LogP) is 2.32. The highest BCUT2D eigenvalue weighted by atomic mass is 32.1. The Balaban J connectivity index is 0.00000106. The molecule has 0 fully saturated rings. The first kappa shape index (κ1) is 14.6. The third kappa shape index (κ3) is 3.66. The molecule has 0 saturated carbocycles. The summed E-state index contributed by atoms with van der Waals surface area (Å²) in [6.45, 7) is 5.75. The first-order chi connectivity index (χ1) is 7.56. The van der Waals surface area contributed by atoms with Crippen LogP contribution in [0, 0.1) is 0 Å². The van der Waals surface area contributed by atoms with Gasteiger partial charge < -0.3 is 10.4 Å². The maximum absolute atomic E-state index is 11.2. The Hall–Kier alpha value is -1.36. The molecule has 0 radical (unpaired) electrons. The van der Waals surface area contributed by atoms with E-state index in [0.29, 0.717) is 0 Å². The van der Waals surface area contributed by atoms with E-state index in [1.165, 1.54) is 6.07 Å². The smallest absolute Gasteiger partial charge is 0.345 e. The van der Waals surface area contributed by atoms with E-state index in [4.69, 9.17) is 5.11 Å². The van der Waals surface area contributed by atoms with Gasteiger partial charge in [0.15, 0.2) is 0 Å². The van der Waals surface area contributed by atoms with E-state index >= 15 is 0 Å². The molecule has 0 saturated heterocycles. The lowest BCUT2D eigenvalue weighted by Gasteiger charge is -2.05. The molecule has 90 valence electrons. The largest absolute Gasteiger partial charge is 0.477 e. The van der Waals surface area contributed by atoms with Gasteiger partial charge in [-0.15, -0.1) is 11.3 Å². The standard InChI is InChI=1S/C9H11NO3S.C2H6/c1-5(8(11)10-2)6-3-4-7(14-6)9(12)13;1-2/h3-5H,1-2H3,(H,10,11)(H,12,13);1-2H3. The summed E-state index contributed by atoms with van der Waals surface area (Å²) in [6.07, 6.45) is 0. The van der Waals surface area contributed by atoms with Crippen molar-refractivity contribution in [3.8, 4) is 0 Å². The fourth-order valence-electron chi connectivity index (χ4n) is 1.05. The minimum Gasteiger partial charge on any atom is -0.477 e. The average molecular weight is 243 g/mol. The summed E-state index contributed by atoms with van der Waals surface area (Å²) in [5, 5.41) is 11.2. The Bertz CT molecular complexity index is 360. The molecule has 1 heterocycles. The Labute approximate surface area is 99.3 Å². The van der Waals surface area contributed by atoms with Gasteiger partial charge in [0.1, 0.15) is 4.88 Å². The van der Waals surface area contributed by atoms with E-state index in [9.17, 15) is 9.59 Å². The number of hydrogen-bond acceptors (Lipinski definition) is 3. The van der Waals surface area contributed by atoms with Crippen molar-refractivity contribution < 1.29 is 14.7 Å². The molecule has 1 unspecified atom stereocenters. The van der Waals surface area contributed by atoms with Gasteiger partial charge in [0, 0.05) is 11.9 Å². The number of carboxylic acid groups (broad SMARTS) is 1. The van der Waals surface area contributed by atoms with Crippen molar-refractivity contribution in [3.63, 3.8) is 0 Å². The maximum Gasteiger partial charge on any atom is 0.345 e. The molecule has 16 heavy (non-hydrogen) atoms. The number of nitrogens with one attached hydrogen (secondary N) is 1. The number of likely N-dealkylation sites (N-methyl/N-ethyl adjacent to an activating group) is 1. The molecule has 0 aliphatic heterocycles. The third-order valence-electron chi connectivity index (χ3n) is 1.90. The summed E-state index contributed by atoms with van der Waals surface area (Å²) in [5.74, 6) is -1.35. The van der Waals surface area contributed by atoms with Gasteiger partial charge in [0.2, 0.25) is 5.91 Å². The second-order valence-electron chi connectivity index (χ2n) is 2.84. The lowest BCUT2D eigenvalue weighted by atomic mass is 10.1. The molecule has 4 nitrogen and oxygen atoms in total. The average Bonchev–Trinajstić information content (AvgIpc) is 2.79. The zero-order valence-electron chi connectivity index (χ0n) is 9.90. The summed E-state index contributed by atoms with van der Waals surface area (Å²) < 4.78 is 0. The van der Waals surface area contributed by atoms with E-state index in [0.717, 1.165) is 16.2 Å². The van der Waals surface area contributed by atoms with E-state index < -0.39 is 5.97 Å². The molecular weight excluding hydrogens is 226 g/mol. The van der Waals surface area contributed by atoms with Crippen LogP contribution in [0.5, 0.6) is 0 Å². The van der Waals surface area contributed by atoms with Crippen LogP contribution < -0.4 is 5.32 Å². The molecule has 1 aromatic rings. The van der Waals surface area contributed by atoms with Gasteiger partial charge >= 0.3 is 5.97 Å². The van der Waals surface area contributed by atoms with Crippen LogP contribution in [0.2, 0.25) is 0 Å². The van der Waals surface area contributed by atoms with Crippen molar-refractivity contribution >= 4 is 23.2 Å². The number of carboxylic acids is 1. The molecule has 2 N–H and O–H groups in total. The highest BCUT2D eigenvalue weighted by Gasteiger charge is 2.17. The zero-order chi connectivity index (χ0) is 12.7.